The fourth-order valence-corrected chi connectivity index (χ4v) is 4.64. The molecule has 0 radical (unpaired) electrons. The second-order valence-corrected chi connectivity index (χ2v) is 11.0. The molecule has 2 heterocycles. The van der Waals surface area contributed by atoms with E-state index in [2.05, 4.69) is 27.4 Å². The van der Waals surface area contributed by atoms with Gasteiger partial charge in [0.25, 0.3) is 0 Å². The van der Waals surface area contributed by atoms with Crippen LogP contribution in [0.15, 0.2) is 30.3 Å². The summed E-state index contributed by atoms with van der Waals surface area (Å²) in [4.78, 5) is 23.5. The van der Waals surface area contributed by atoms with Crippen LogP contribution in [0.2, 0.25) is 0 Å². The lowest BCUT2D eigenvalue weighted by Gasteiger charge is -2.34. The van der Waals surface area contributed by atoms with E-state index in [0.717, 1.165) is 24.8 Å². The largest absolute Gasteiger partial charge is 0.377 e. The van der Waals surface area contributed by atoms with Gasteiger partial charge in [-0.3, -0.25) is 0 Å². The first-order valence-electron chi connectivity index (χ1n) is 11.4. The number of carbonyl (C=O) groups is 1. The molecular formula is C23H31N5O4S. The van der Waals surface area contributed by atoms with E-state index in [1.165, 1.54) is 0 Å². The van der Waals surface area contributed by atoms with Crippen LogP contribution in [0.1, 0.15) is 38.8 Å². The molecule has 1 atom stereocenters. The summed E-state index contributed by atoms with van der Waals surface area (Å²) in [6, 6.07) is 9.20. The number of anilines is 2. The number of ether oxygens (including phenoxy) is 1. The molecule has 1 aliphatic carbocycles. The molecule has 178 valence electrons. The lowest BCUT2D eigenvalue weighted by atomic mass is 9.93. The number of carbonyl (C=O) groups excluding carboxylic acids is 1. The van der Waals surface area contributed by atoms with Crippen molar-refractivity contribution < 1.29 is 17.9 Å². The first-order valence-corrected chi connectivity index (χ1v) is 13.3. The monoisotopic (exact) mass is 473 g/mol. The number of benzene rings is 1. The minimum Gasteiger partial charge on any atom is -0.377 e. The van der Waals surface area contributed by atoms with Gasteiger partial charge in [0.2, 0.25) is 0 Å². The molecule has 2 amide bonds. The molecule has 1 saturated carbocycles. The predicted molar refractivity (Wildman–Crippen MR) is 128 cm³/mol. The normalized spacial score (nSPS) is 19.1. The van der Waals surface area contributed by atoms with Gasteiger partial charge in [0.05, 0.1) is 30.7 Å². The molecule has 1 saturated heterocycles. The van der Waals surface area contributed by atoms with Crippen LogP contribution in [0.5, 0.6) is 0 Å². The van der Waals surface area contributed by atoms with E-state index < -0.39 is 9.84 Å². The third-order valence-electron chi connectivity index (χ3n) is 6.08. The van der Waals surface area contributed by atoms with Crippen LogP contribution < -0.4 is 15.5 Å². The Labute approximate surface area is 194 Å². The second-order valence-electron chi connectivity index (χ2n) is 8.64. The molecule has 10 heteroatoms. The molecule has 2 aromatic rings. The zero-order valence-corrected chi connectivity index (χ0v) is 19.9. The summed E-state index contributed by atoms with van der Waals surface area (Å²) in [5, 5.41) is 5.79. The van der Waals surface area contributed by atoms with Crippen molar-refractivity contribution in [1.82, 2.24) is 15.3 Å². The van der Waals surface area contributed by atoms with Crippen LogP contribution in [0.4, 0.5) is 16.3 Å². The highest BCUT2D eigenvalue weighted by molar-refractivity contribution is 7.90. The summed E-state index contributed by atoms with van der Waals surface area (Å²) in [6.07, 6.45) is 3.21. The van der Waals surface area contributed by atoms with Gasteiger partial charge in [-0.05, 0) is 50.5 Å². The Morgan fingerprint density at radius 1 is 1.21 bits per heavy atom. The van der Waals surface area contributed by atoms with Gasteiger partial charge in [-0.25, -0.2) is 23.2 Å². The van der Waals surface area contributed by atoms with E-state index in [1.807, 2.05) is 12.1 Å². The number of urea groups is 1. The Morgan fingerprint density at radius 2 is 1.97 bits per heavy atom. The maximum absolute atomic E-state index is 12.3. The summed E-state index contributed by atoms with van der Waals surface area (Å²) in [5.74, 6) is 1.07. The summed E-state index contributed by atoms with van der Waals surface area (Å²) in [5.41, 5.74) is 1.89. The van der Waals surface area contributed by atoms with Crippen molar-refractivity contribution in [1.29, 1.82) is 0 Å². The van der Waals surface area contributed by atoms with Crippen LogP contribution in [-0.4, -0.2) is 62.0 Å². The topological polar surface area (TPSA) is 114 Å². The molecule has 0 unspecified atom stereocenters. The molecule has 33 heavy (non-hydrogen) atoms. The second kappa shape index (κ2) is 10.0. The molecule has 2 fully saturated rings. The van der Waals surface area contributed by atoms with Gasteiger partial charge in [0, 0.05) is 35.7 Å². The molecule has 2 N–H and O–H groups in total. The molecule has 0 spiro atoms. The summed E-state index contributed by atoms with van der Waals surface area (Å²) < 4.78 is 30.1. The molecule has 1 aromatic carbocycles. The standard InChI is InChI=1S/C23H31N5O4S/c1-3-33(30,31)15-20-13-21(28-11-12-32-14-16(28)2)27-22(24-20)17-7-9-19(10-8-17)26-23(29)25-18-5-4-6-18/h7-10,13,16,18H,3-6,11-12,14-15H2,1-2H3,(H2,25,26,29)/t16-/m0/s1. The van der Waals surface area contributed by atoms with Crippen molar-refractivity contribution in [3.8, 4) is 11.4 Å². The number of nitrogens with zero attached hydrogens (tertiary/aromatic N) is 3. The van der Waals surface area contributed by atoms with Crippen molar-refractivity contribution >= 4 is 27.4 Å². The maximum Gasteiger partial charge on any atom is 0.319 e. The third-order valence-corrected chi connectivity index (χ3v) is 7.69. The van der Waals surface area contributed by atoms with Crippen LogP contribution in [0.25, 0.3) is 11.4 Å². The van der Waals surface area contributed by atoms with E-state index in [9.17, 15) is 13.2 Å². The SMILES string of the molecule is CCS(=O)(=O)Cc1cc(N2CCOC[C@@H]2C)nc(-c2ccc(NC(=O)NC3CCC3)cc2)n1. The van der Waals surface area contributed by atoms with Gasteiger partial charge in [0.15, 0.2) is 15.7 Å². The van der Waals surface area contributed by atoms with E-state index in [1.54, 1.807) is 25.1 Å². The number of rotatable bonds is 7. The summed E-state index contributed by atoms with van der Waals surface area (Å²) in [7, 11) is -3.25. The van der Waals surface area contributed by atoms with Crippen LogP contribution in [-0.2, 0) is 20.3 Å². The first-order chi connectivity index (χ1) is 15.8. The smallest absolute Gasteiger partial charge is 0.319 e. The number of hydrogen-bond acceptors (Lipinski definition) is 7. The van der Waals surface area contributed by atoms with Crippen LogP contribution in [0, 0.1) is 0 Å². The van der Waals surface area contributed by atoms with E-state index in [0.29, 0.717) is 42.8 Å². The van der Waals surface area contributed by atoms with Crippen molar-refractivity contribution in [2.24, 2.45) is 0 Å². The van der Waals surface area contributed by atoms with Gasteiger partial charge >= 0.3 is 6.03 Å². The number of nitrogens with one attached hydrogen (secondary N) is 2. The Morgan fingerprint density at radius 3 is 2.61 bits per heavy atom. The highest BCUT2D eigenvalue weighted by Crippen LogP contribution is 2.25. The van der Waals surface area contributed by atoms with Crippen molar-refractivity contribution in [3.63, 3.8) is 0 Å². The Kier molecular flexibility index (Phi) is 7.14. The summed E-state index contributed by atoms with van der Waals surface area (Å²) >= 11 is 0. The quantitative estimate of drug-likeness (QED) is 0.635. The highest BCUT2D eigenvalue weighted by Gasteiger charge is 2.23. The van der Waals surface area contributed by atoms with Crippen molar-refractivity contribution in [2.45, 2.75) is 50.9 Å². The molecular weight excluding hydrogens is 442 g/mol. The number of amides is 2. The predicted octanol–water partition coefficient (Wildman–Crippen LogP) is 2.98. The maximum atomic E-state index is 12.3. The molecule has 1 aliphatic heterocycles. The fraction of sp³-hybridized carbons (Fsp3) is 0.522. The molecule has 4 rings (SSSR count). The number of morpholine rings is 1. The van der Waals surface area contributed by atoms with E-state index in [-0.39, 0.29) is 29.6 Å². The van der Waals surface area contributed by atoms with E-state index in [4.69, 9.17) is 9.72 Å². The fourth-order valence-electron chi connectivity index (χ4n) is 3.84. The third kappa shape index (κ3) is 6.00. The Bertz CT molecular complexity index is 1090. The minimum atomic E-state index is -3.25. The Hall–Kier alpha value is -2.72. The van der Waals surface area contributed by atoms with Gasteiger partial charge in [-0.15, -0.1) is 0 Å². The van der Waals surface area contributed by atoms with Gasteiger partial charge in [0.1, 0.15) is 5.82 Å². The van der Waals surface area contributed by atoms with Crippen LogP contribution >= 0.6 is 0 Å². The molecule has 9 nitrogen and oxygen atoms in total. The highest BCUT2D eigenvalue weighted by atomic mass is 32.2. The average Bonchev–Trinajstić information content (AvgIpc) is 2.76. The first kappa shape index (κ1) is 23.4. The van der Waals surface area contributed by atoms with Crippen LogP contribution in [0.3, 0.4) is 0 Å². The average molecular weight is 474 g/mol. The van der Waals surface area contributed by atoms with Crippen molar-refractivity contribution in [2.75, 3.05) is 35.7 Å². The number of aromatic nitrogens is 2. The lowest BCUT2D eigenvalue weighted by molar-refractivity contribution is 0.0985. The lowest BCUT2D eigenvalue weighted by Crippen LogP contribution is -2.44. The number of hydrogen-bond donors (Lipinski definition) is 2. The molecule has 0 bridgehead atoms. The molecule has 2 aliphatic rings. The van der Waals surface area contributed by atoms with Gasteiger partial charge in [-0.1, -0.05) is 6.92 Å². The molecule has 1 aromatic heterocycles. The van der Waals surface area contributed by atoms with Crippen molar-refractivity contribution in [3.05, 3.63) is 36.0 Å². The zero-order valence-electron chi connectivity index (χ0n) is 19.1. The van der Waals surface area contributed by atoms with Gasteiger partial charge < -0.3 is 20.3 Å². The van der Waals surface area contributed by atoms with Gasteiger partial charge in [-0.2, -0.15) is 0 Å². The Balaban J connectivity index is 1.58. The van der Waals surface area contributed by atoms with E-state index >= 15 is 0 Å². The zero-order chi connectivity index (χ0) is 23.4. The summed E-state index contributed by atoms with van der Waals surface area (Å²) in [6.45, 7) is 5.55. The number of sulfone groups is 1. The minimum absolute atomic E-state index is 0.0545.